The third kappa shape index (κ3) is 5.70. The Morgan fingerprint density at radius 2 is 1.94 bits per heavy atom. The van der Waals surface area contributed by atoms with Gasteiger partial charge in [-0.1, -0.05) is 5.92 Å². The summed E-state index contributed by atoms with van der Waals surface area (Å²) in [6, 6.07) is 5.82. The highest BCUT2D eigenvalue weighted by atomic mass is 32.2. The number of hydrogen-bond acceptors (Lipinski definition) is 9. The first-order valence-electron chi connectivity index (χ1n) is 9.77. The number of piperidine rings is 1. The number of carbonyl (C=O) groups excluding carboxylic acids is 2. The summed E-state index contributed by atoms with van der Waals surface area (Å²) in [4.78, 5) is 29.9. The van der Waals surface area contributed by atoms with E-state index in [-0.39, 0.29) is 34.3 Å². The van der Waals surface area contributed by atoms with Crippen LogP contribution in [0.1, 0.15) is 30.3 Å². The van der Waals surface area contributed by atoms with Gasteiger partial charge in [-0.05, 0) is 50.0 Å². The van der Waals surface area contributed by atoms with Gasteiger partial charge in [0.25, 0.3) is 11.8 Å². The fourth-order valence-electron chi connectivity index (χ4n) is 3.21. The second-order valence-corrected chi connectivity index (χ2v) is 9.24. The molecule has 1 atom stereocenters. The lowest BCUT2D eigenvalue weighted by Gasteiger charge is -2.31. The number of amides is 2. The molecular formula is C20H23N7O4S. The van der Waals surface area contributed by atoms with Gasteiger partial charge in [0, 0.05) is 31.1 Å². The highest BCUT2D eigenvalue weighted by Crippen LogP contribution is 2.21. The SMILES string of the molecule is CC#CC(=O)N1CCCC(Nc2nnc(C(N)=O)c(Nc3ccc(S(C)(=O)=O)cc3)n2)C1. The average Bonchev–Trinajstić information content (AvgIpc) is 2.74. The number of likely N-dealkylation sites (tertiary alicyclic amines) is 1. The Morgan fingerprint density at radius 3 is 2.56 bits per heavy atom. The number of aromatic nitrogens is 3. The summed E-state index contributed by atoms with van der Waals surface area (Å²) in [5, 5.41) is 13.8. The maximum atomic E-state index is 12.0. The van der Waals surface area contributed by atoms with Gasteiger partial charge in [-0.25, -0.2) is 8.42 Å². The second kappa shape index (κ2) is 9.61. The average molecular weight is 458 g/mol. The first kappa shape index (κ1) is 23.0. The first-order valence-corrected chi connectivity index (χ1v) is 11.7. The molecule has 0 radical (unpaired) electrons. The molecule has 168 valence electrons. The van der Waals surface area contributed by atoms with Crippen LogP contribution in [-0.2, 0) is 14.6 Å². The van der Waals surface area contributed by atoms with Crippen molar-refractivity contribution in [1.82, 2.24) is 20.1 Å². The predicted molar refractivity (Wildman–Crippen MR) is 118 cm³/mol. The molecular weight excluding hydrogens is 434 g/mol. The van der Waals surface area contributed by atoms with Crippen LogP contribution >= 0.6 is 0 Å². The summed E-state index contributed by atoms with van der Waals surface area (Å²) in [6.45, 7) is 2.67. The molecule has 1 aliphatic rings. The van der Waals surface area contributed by atoms with Gasteiger partial charge in [0.1, 0.15) is 0 Å². The van der Waals surface area contributed by atoms with E-state index in [4.69, 9.17) is 5.73 Å². The van der Waals surface area contributed by atoms with Crippen molar-refractivity contribution < 1.29 is 18.0 Å². The molecule has 3 rings (SSSR count). The van der Waals surface area contributed by atoms with Gasteiger partial charge in [-0.2, -0.15) is 4.98 Å². The van der Waals surface area contributed by atoms with E-state index in [1.807, 2.05) is 0 Å². The highest BCUT2D eigenvalue weighted by molar-refractivity contribution is 7.90. The van der Waals surface area contributed by atoms with Crippen LogP contribution in [0.5, 0.6) is 0 Å². The molecule has 1 aromatic carbocycles. The highest BCUT2D eigenvalue weighted by Gasteiger charge is 2.24. The molecule has 0 aliphatic carbocycles. The molecule has 0 saturated carbocycles. The summed E-state index contributed by atoms with van der Waals surface area (Å²) in [5.74, 6) is 4.32. The molecule has 2 aromatic rings. The Kier molecular flexibility index (Phi) is 6.89. The normalized spacial score (nSPS) is 15.9. The number of carbonyl (C=O) groups is 2. The zero-order valence-electron chi connectivity index (χ0n) is 17.6. The number of hydrogen-bond donors (Lipinski definition) is 3. The van der Waals surface area contributed by atoms with Crippen LogP contribution in [0.3, 0.4) is 0 Å². The van der Waals surface area contributed by atoms with Crippen LogP contribution in [-0.4, -0.2) is 65.7 Å². The summed E-state index contributed by atoms with van der Waals surface area (Å²) >= 11 is 0. The van der Waals surface area contributed by atoms with Crippen molar-refractivity contribution in [3.63, 3.8) is 0 Å². The van der Waals surface area contributed by atoms with E-state index in [0.717, 1.165) is 19.1 Å². The fourth-order valence-corrected chi connectivity index (χ4v) is 3.84. The molecule has 1 aliphatic heterocycles. The number of primary amides is 1. The third-order valence-corrected chi connectivity index (χ3v) is 5.87. The van der Waals surface area contributed by atoms with Gasteiger partial charge < -0.3 is 21.3 Å². The van der Waals surface area contributed by atoms with Crippen molar-refractivity contribution in [2.24, 2.45) is 5.73 Å². The Hall–Kier alpha value is -3.72. The number of nitrogens with two attached hydrogens (primary N) is 1. The lowest BCUT2D eigenvalue weighted by Crippen LogP contribution is -2.45. The standard InChI is InChI=1S/C20H23N7O4S/c1-3-5-16(28)27-11-4-6-14(12-27)23-20-24-19(17(18(21)29)25-26-20)22-13-7-9-15(10-8-13)32(2,30)31/h7-10,14H,4,6,11-12H2,1-2H3,(H2,21,29)(H2,22,23,24,26). The van der Waals surface area contributed by atoms with Gasteiger partial charge in [0.2, 0.25) is 5.95 Å². The van der Waals surface area contributed by atoms with E-state index in [1.54, 1.807) is 11.8 Å². The molecule has 11 nitrogen and oxygen atoms in total. The van der Waals surface area contributed by atoms with Gasteiger partial charge in [0.15, 0.2) is 21.3 Å². The maximum absolute atomic E-state index is 12.0. The van der Waals surface area contributed by atoms with E-state index in [9.17, 15) is 18.0 Å². The van der Waals surface area contributed by atoms with Crippen molar-refractivity contribution in [1.29, 1.82) is 0 Å². The topological polar surface area (TPSA) is 160 Å². The van der Waals surface area contributed by atoms with Gasteiger partial charge in [-0.3, -0.25) is 9.59 Å². The molecule has 1 fully saturated rings. The molecule has 2 heterocycles. The second-order valence-electron chi connectivity index (χ2n) is 7.23. The summed E-state index contributed by atoms with van der Waals surface area (Å²) in [5.41, 5.74) is 5.71. The van der Waals surface area contributed by atoms with Crippen molar-refractivity contribution in [3.05, 3.63) is 30.0 Å². The predicted octanol–water partition coefficient (Wildman–Crippen LogP) is 0.544. The van der Waals surface area contributed by atoms with E-state index in [2.05, 4.69) is 37.7 Å². The number of benzene rings is 1. The number of rotatable bonds is 6. The Morgan fingerprint density at radius 1 is 1.22 bits per heavy atom. The lowest BCUT2D eigenvalue weighted by molar-refractivity contribution is -0.126. The molecule has 1 saturated heterocycles. The van der Waals surface area contributed by atoms with E-state index in [1.165, 1.54) is 24.3 Å². The number of nitrogens with zero attached hydrogens (tertiary/aromatic N) is 4. The van der Waals surface area contributed by atoms with Gasteiger partial charge >= 0.3 is 0 Å². The smallest absolute Gasteiger partial charge is 0.298 e. The van der Waals surface area contributed by atoms with Crippen LogP contribution in [0.4, 0.5) is 17.5 Å². The van der Waals surface area contributed by atoms with Crippen molar-refractivity contribution in [2.45, 2.75) is 30.7 Å². The first-order chi connectivity index (χ1) is 15.2. The van der Waals surface area contributed by atoms with Crippen molar-refractivity contribution in [3.8, 4) is 11.8 Å². The molecule has 4 N–H and O–H groups in total. The molecule has 0 bridgehead atoms. The minimum Gasteiger partial charge on any atom is -0.364 e. The Balaban J connectivity index is 1.79. The quantitative estimate of drug-likeness (QED) is 0.526. The molecule has 32 heavy (non-hydrogen) atoms. The number of nitrogens with one attached hydrogen (secondary N) is 2. The largest absolute Gasteiger partial charge is 0.364 e. The molecule has 2 amide bonds. The monoisotopic (exact) mass is 457 g/mol. The Labute approximate surface area is 185 Å². The zero-order valence-corrected chi connectivity index (χ0v) is 18.4. The summed E-state index contributed by atoms with van der Waals surface area (Å²) in [6.07, 6.45) is 2.70. The van der Waals surface area contributed by atoms with Crippen LogP contribution in [0.15, 0.2) is 29.2 Å². The minimum atomic E-state index is -3.34. The minimum absolute atomic E-state index is 0.0719. The molecule has 0 spiro atoms. The molecule has 1 unspecified atom stereocenters. The van der Waals surface area contributed by atoms with Crippen LogP contribution in [0, 0.1) is 11.8 Å². The van der Waals surface area contributed by atoms with E-state index < -0.39 is 15.7 Å². The fraction of sp³-hybridized carbons (Fsp3) is 0.350. The van der Waals surface area contributed by atoms with Crippen molar-refractivity contribution in [2.75, 3.05) is 30.0 Å². The van der Waals surface area contributed by atoms with E-state index in [0.29, 0.717) is 18.8 Å². The number of sulfone groups is 1. The molecule has 12 heteroatoms. The van der Waals surface area contributed by atoms with Crippen LogP contribution < -0.4 is 16.4 Å². The van der Waals surface area contributed by atoms with Gasteiger partial charge in [-0.15, -0.1) is 10.2 Å². The van der Waals surface area contributed by atoms with Gasteiger partial charge in [0.05, 0.1) is 4.90 Å². The van der Waals surface area contributed by atoms with Crippen LogP contribution in [0.25, 0.3) is 0 Å². The van der Waals surface area contributed by atoms with Crippen LogP contribution in [0.2, 0.25) is 0 Å². The molecule has 1 aromatic heterocycles. The van der Waals surface area contributed by atoms with Crippen molar-refractivity contribution >= 4 is 39.1 Å². The lowest BCUT2D eigenvalue weighted by atomic mass is 10.1. The Bertz CT molecular complexity index is 1190. The zero-order chi connectivity index (χ0) is 23.3. The number of anilines is 3. The maximum Gasteiger partial charge on any atom is 0.298 e. The van der Waals surface area contributed by atoms with E-state index >= 15 is 0 Å². The summed E-state index contributed by atoms with van der Waals surface area (Å²) < 4.78 is 23.3. The summed E-state index contributed by atoms with van der Waals surface area (Å²) in [7, 11) is -3.34. The third-order valence-electron chi connectivity index (χ3n) is 4.74.